The van der Waals surface area contributed by atoms with Gasteiger partial charge in [0.05, 0.1) is 20.2 Å². The molecule has 0 saturated heterocycles. The van der Waals surface area contributed by atoms with Crippen molar-refractivity contribution in [2.75, 3.05) is 11.5 Å². The standard InChI is InChI=1S/C21H44O6S2.2K/c22-28(23,24)20-18-16-14-12-10-8-6-4-2-1-3-5-7-9-11-13-15-17-19-21-29(25,26)27;;/h1-21H2,(H,22,23,24)(H,25,26,27);;/q;2*+1/p-2. The maximum absolute atomic E-state index is 10.5. The summed E-state index contributed by atoms with van der Waals surface area (Å²) in [6, 6.07) is 0. The van der Waals surface area contributed by atoms with E-state index >= 15 is 0 Å². The Morgan fingerprint density at radius 1 is 0.323 bits per heavy atom. The molecule has 0 radical (unpaired) electrons. The Balaban J connectivity index is -0.00000392. The smallest absolute Gasteiger partial charge is 0.748 e. The van der Waals surface area contributed by atoms with Gasteiger partial charge >= 0.3 is 103 Å². The third-order valence-corrected chi connectivity index (χ3v) is 6.87. The summed E-state index contributed by atoms with van der Waals surface area (Å²) in [5.41, 5.74) is 0. The van der Waals surface area contributed by atoms with Crippen molar-refractivity contribution < 1.29 is 129 Å². The Labute approximate surface area is 277 Å². The minimum absolute atomic E-state index is 0. The van der Waals surface area contributed by atoms with Gasteiger partial charge in [0, 0.05) is 11.5 Å². The monoisotopic (exact) mass is 532 g/mol. The van der Waals surface area contributed by atoms with Crippen LogP contribution in [0.1, 0.15) is 122 Å². The van der Waals surface area contributed by atoms with Gasteiger partial charge in [0.2, 0.25) is 0 Å². The van der Waals surface area contributed by atoms with Gasteiger partial charge in [0.15, 0.2) is 0 Å². The number of unbranched alkanes of at least 4 members (excludes halogenated alkanes) is 18. The molecule has 0 fully saturated rings. The van der Waals surface area contributed by atoms with Crippen molar-refractivity contribution in [2.45, 2.75) is 122 Å². The van der Waals surface area contributed by atoms with E-state index in [0.717, 1.165) is 38.5 Å². The molecule has 0 aromatic heterocycles. The molecule has 0 aliphatic carbocycles. The second-order valence-corrected chi connectivity index (χ2v) is 11.3. The topological polar surface area (TPSA) is 114 Å². The summed E-state index contributed by atoms with van der Waals surface area (Å²) in [7, 11) is -8.06. The number of rotatable bonds is 22. The van der Waals surface area contributed by atoms with E-state index < -0.39 is 20.2 Å². The Hall–Kier alpha value is 3.09. The second kappa shape index (κ2) is 26.2. The number of hydrogen-bond donors (Lipinski definition) is 0. The summed E-state index contributed by atoms with van der Waals surface area (Å²) in [6.45, 7) is 0. The van der Waals surface area contributed by atoms with Crippen LogP contribution in [-0.2, 0) is 20.2 Å². The van der Waals surface area contributed by atoms with E-state index in [1.165, 1.54) is 70.6 Å². The van der Waals surface area contributed by atoms with Crippen LogP contribution in [0.4, 0.5) is 0 Å². The van der Waals surface area contributed by atoms with Gasteiger partial charge < -0.3 is 9.11 Å². The molecule has 0 aliphatic heterocycles. The van der Waals surface area contributed by atoms with Crippen molar-refractivity contribution in [3.05, 3.63) is 0 Å². The van der Waals surface area contributed by atoms with Crippen LogP contribution in [0.5, 0.6) is 0 Å². The zero-order valence-corrected chi connectivity index (χ0v) is 28.0. The van der Waals surface area contributed by atoms with Gasteiger partial charge in [-0.15, -0.1) is 0 Å². The van der Waals surface area contributed by atoms with Crippen LogP contribution in [0, 0.1) is 0 Å². The molecular formula is C21H42K2O6S2. The predicted molar refractivity (Wildman–Crippen MR) is 117 cm³/mol. The van der Waals surface area contributed by atoms with Crippen molar-refractivity contribution in [1.82, 2.24) is 0 Å². The van der Waals surface area contributed by atoms with Crippen molar-refractivity contribution in [1.29, 1.82) is 0 Å². The van der Waals surface area contributed by atoms with Crippen LogP contribution in [0.15, 0.2) is 0 Å². The molecule has 0 aromatic rings. The molecule has 0 bridgehead atoms. The number of hydrogen-bond acceptors (Lipinski definition) is 6. The average Bonchev–Trinajstić information content (AvgIpc) is 2.61. The van der Waals surface area contributed by atoms with Gasteiger partial charge in [-0.05, 0) is 12.8 Å². The normalized spacial score (nSPS) is 11.7. The molecule has 0 N–H and O–H groups in total. The summed E-state index contributed by atoms with van der Waals surface area (Å²) in [6.07, 6.45) is 21.0. The summed E-state index contributed by atoms with van der Waals surface area (Å²) in [5.74, 6) is -0.435. The van der Waals surface area contributed by atoms with E-state index in [-0.39, 0.29) is 114 Å². The quantitative estimate of drug-likeness (QED) is 0.105. The fraction of sp³-hybridized carbons (Fsp3) is 1.00. The van der Waals surface area contributed by atoms with Gasteiger partial charge in [-0.3, -0.25) is 0 Å². The fourth-order valence-electron chi connectivity index (χ4n) is 3.56. The van der Waals surface area contributed by atoms with Gasteiger partial charge in [0.25, 0.3) is 0 Å². The zero-order valence-electron chi connectivity index (χ0n) is 20.1. The molecule has 31 heavy (non-hydrogen) atoms. The summed E-state index contributed by atoms with van der Waals surface area (Å²) in [5, 5.41) is 0. The molecule has 0 aromatic carbocycles. The van der Waals surface area contributed by atoms with E-state index in [0.29, 0.717) is 12.8 Å². The van der Waals surface area contributed by atoms with Crippen LogP contribution >= 0.6 is 0 Å². The van der Waals surface area contributed by atoms with Crippen LogP contribution in [0.25, 0.3) is 0 Å². The first kappa shape index (κ1) is 38.6. The van der Waals surface area contributed by atoms with Crippen LogP contribution in [0.2, 0.25) is 0 Å². The molecule has 0 unspecified atom stereocenters. The second-order valence-electron chi connectivity index (χ2n) is 8.24. The molecule has 0 atom stereocenters. The molecule has 0 aliphatic rings. The Morgan fingerprint density at radius 3 is 0.581 bits per heavy atom. The predicted octanol–water partition coefficient (Wildman–Crippen LogP) is -0.503. The minimum Gasteiger partial charge on any atom is -0.748 e. The first-order valence-corrected chi connectivity index (χ1v) is 14.7. The van der Waals surface area contributed by atoms with Crippen molar-refractivity contribution in [2.24, 2.45) is 0 Å². The fourth-order valence-corrected chi connectivity index (χ4v) is 4.68. The molecule has 10 heteroatoms. The Bertz CT molecular complexity index is 518. The molecule has 176 valence electrons. The zero-order chi connectivity index (χ0) is 21.8. The first-order valence-electron chi connectivity index (χ1n) is 11.6. The SMILES string of the molecule is O=S(=O)([O-])CCCCCCCCCCCCCCCCCCCCCS(=O)(=O)[O-].[K+].[K+]. The largest absolute Gasteiger partial charge is 1.00 e. The first-order chi connectivity index (χ1) is 13.7. The van der Waals surface area contributed by atoms with Crippen LogP contribution in [-0.4, -0.2) is 37.4 Å². The van der Waals surface area contributed by atoms with E-state index in [2.05, 4.69) is 0 Å². The van der Waals surface area contributed by atoms with Crippen LogP contribution < -0.4 is 103 Å². The van der Waals surface area contributed by atoms with Gasteiger partial charge in [0.1, 0.15) is 0 Å². The van der Waals surface area contributed by atoms with E-state index in [1.807, 2.05) is 0 Å². The van der Waals surface area contributed by atoms with Gasteiger partial charge in [-0.1, -0.05) is 109 Å². The maximum atomic E-state index is 10.5. The molecule has 0 spiro atoms. The van der Waals surface area contributed by atoms with Crippen molar-refractivity contribution in [3.8, 4) is 0 Å². The van der Waals surface area contributed by atoms with Crippen molar-refractivity contribution >= 4 is 20.2 Å². The van der Waals surface area contributed by atoms with Gasteiger partial charge in [-0.25, -0.2) is 16.8 Å². The van der Waals surface area contributed by atoms with E-state index in [1.54, 1.807) is 0 Å². The molecule has 0 heterocycles. The molecule has 0 saturated carbocycles. The molecule has 6 nitrogen and oxygen atoms in total. The summed E-state index contributed by atoms with van der Waals surface area (Å²) >= 11 is 0. The van der Waals surface area contributed by atoms with Gasteiger partial charge in [-0.2, -0.15) is 0 Å². The molecule has 0 amide bonds. The summed E-state index contributed by atoms with van der Waals surface area (Å²) in [4.78, 5) is 0. The third kappa shape index (κ3) is 37.8. The van der Waals surface area contributed by atoms with Crippen LogP contribution in [0.3, 0.4) is 0 Å². The average molecular weight is 533 g/mol. The van der Waals surface area contributed by atoms with E-state index in [4.69, 9.17) is 0 Å². The van der Waals surface area contributed by atoms with E-state index in [9.17, 15) is 25.9 Å². The molecule has 0 rings (SSSR count). The van der Waals surface area contributed by atoms with Crippen molar-refractivity contribution in [3.63, 3.8) is 0 Å². The third-order valence-electron chi connectivity index (χ3n) is 5.29. The minimum atomic E-state index is -4.03. The molecular weight excluding hydrogens is 491 g/mol. The Morgan fingerprint density at radius 2 is 0.452 bits per heavy atom. The Kier molecular flexibility index (Phi) is 32.6. The summed E-state index contributed by atoms with van der Waals surface area (Å²) < 4.78 is 62.8. The maximum Gasteiger partial charge on any atom is 1.00 e.